The van der Waals surface area contributed by atoms with Crippen molar-refractivity contribution < 1.29 is 18.8 Å². The number of hydrogen-bond acceptors (Lipinski definition) is 9. The van der Waals surface area contributed by atoms with Gasteiger partial charge in [-0.1, -0.05) is 30.3 Å². The number of carbonyl (C=O) groups is 3. The summed E-state index contributed by atoms with van der Waals surface area (Å²) in [5, 5.41) is 11.8. The Morgan fingerprint density at radius 3 is 2.57 bits per heavy atom. The Labute approximate surface area is 221 Å². The molecule has 4 atom stereocenters. The number of rotatable bonds is 2. The van der Waals surface area contributed by atoms with Crippen LogP contribution in [0, 0.1) is 6.92 Å². The molecule has 1 aromatic carbocycles. The molecule has 2 aliphatic heterocycles. The van der Waals surface area contributed by atoms with Gasteiger partial charge in [0.2, 0.25) is 11.8 Å². The maximum atomic E-state index is 13.2. The first-order valence-corrected chi connectivity index (χ1v) is 13.7. The van der Waals surface area contributed by atoms with Crippen LogP contribution in [-0.2, 0) is 11.2 Å². The average Bonchev–Trinajstić information content (AvgIpc) is 3.63. The number of aryl methyl sites for hydroxylation is 1. The molecule has 192 valence electrons. The maximum Gasteiger partial charge on any atom is 0.274 e. The summed E-state index contributed by atoms with van der Waals surface area (Å²) in [5.74, 6) is -0.00882. The Kier molecular flexibility index (Phi) is 7.11. The number of thioether (sulfide) groups is 1. The van der Waals surface area contributed by atoms with Crippen LogP contribution in [0.25, 0.3) is 0 Å². The molecule has 3 N–H and O–H groups in total. The zero-order valence-electron chi connectivity index (χ0n) is 20.5. The van der Waals surface area contributed by atoms with Gasteiger partial charge in [0.1, 0.15) is 28.5 Å². The van der Waals surface area contributed by atoms with Gasteiger partial charge in [-0.15, -0.1) is 23.1 Å². The maximum absolute atomic E-state index is 13.2. The topological polar surface area (TPSA) is 139 Å². The molecule has 0 radical (unpaired) electrons. The minimum absolute atomic E-state index is 0.138. The van der Waals surface area contributed by atoms with Crippen LogP contribution >= 0.6 is 23.1 Å². The van der Waals surface area contributed by atoms with E-state index in [0.717, 1.165) is 5.56 Å². The van der Waals surface area contributed by atoms with Gasteiger partial charge in [0.05, 0.1) is 17.1 Å². The Balaban J connectivity index is 1.50. The van der Waals surface area contributed by atoms with Crippen molar-refractivity contribution in [1.29, 1.82) is 0 Å². The van der Waals surface area contributed by atoms with Crippen LogP contribution in [0.15, 0.2) is 45.1 Å². The third-order valence-corrected chi connectivity index (χ3v) is 8.29. The van der Waals surface area contributed by atoms with Gasteiger partial charge in [0.15, 0.2) is 5.69 Å². The zero-order valence-corrected chi connectivity index (χ0v) is 22.1. The molecule has 0 aliphatic carbocycles. The third kappa shape index (κ3) is 5.44. The number of oxazole rings is 1. The van der Waals surface area contributed by atoms with Gasteiger partial charge in [0.25, 0.3) is 11.8 Å². The first-order chi connectivity index (χ1) is 17.8. The highest BCUT2D eigenvalue weighted by Gasteiger charge is 2.33. The summed E-state index contributed by atoms with van der Waals surface area (Å²) in [6.07, 6.45) is 0.519. The van der Waals surface area contributed by atoms with E-state index in [1.54, 1.807) is 26.2 Å². The fourth-order valence-corrected chi connectivity index (χ4v) is 6.01. The Morgan fingerprint density at radius 2 is 1.78 bits per heavy atom. The molecular weight excluding hydrogens is 512 g/mol. The van der Waals surface area contributed by atoms with Gasteiger partial charge in [-0.05, 0) is 32.8 Å². The lowest BCUT2D eigenvalue weighted by molar-refractivity contribution is -0.122. The molecule has 0 saturated heterocycles. The predicted molar refractivity (Wildman–Crippen MR) is 141 cm³/mol. The largest absolute Gasteiger partial charge is 0.443 e. The quantitative estimate of drug-likeness (QED) is 0.456. The van der Waals surface area contributed by atoms with Gasteiger partial charge in [-0.25, -0.2) is 9.97 Å². The lowest BCUT2D eigenvalue weighted by Gasteiger charge is -2.18. The number of carbonyl (C=O) groups excluding carboxylic acids is 3. The molecule has 2 aromatic heterocycles. The second-order valence-electron chi connectivity index (χ2n) is 8.96. The van der Waals surface area contributed by atoms with Crippen LogP contribution in [0.5, 0.6) is 0 Å². The van der Waals surface area contributed by atoms with Crippen molar-refractivity contribution in [3.8, 4) is 0 Å². The Hall–Kier alpha value is -3.51. The van der Waals surface area contributed by atoms with E-state index in [0.29, 0.717) is 28.0 Å². The third-order valence-electron chi connectivity index (χ3n) is 6.09. The molecular formula is C25H26N6O4S2. The van der Waals surface area contributed by atoms with E-state index < -0.39 is 30.1 Å². The summed E-state index contributed by atoms with van der Waals surface area (Å²) >= 11 is 2.75. The second-order valence-corrected chi connectivity index (χ2v) is 10.9. The van der Waals surface area contributed by atoms with Crippen molar-refractivity contribution in [3.63, 3.8) is 0 Å². The fourth-order valence-electron chi connectivity index (χ4n) is 4.10. The number of nitrogens with zero attached hydrogens (tertiary/aromatic N) is 3. The van der Waals surface area contributed by atoms with Gasteiger partial charge >= 0.3 is 0 Å². The fraction of sp³-hybridized carbons (Fsp3) is 0.360. The first-order valence-electron chi connectivity index (χ1n) is 11.9. The van der Waals surface area contributed by atoms with Crippen molar-refractivity contribution >= 4 is 45.9 Å². The molecule has 3 amide bonds. The van der Waals surface area contributed by atoms with Crippen LogP contribution in [0.1, 0.15) is 69.1 Å². The summed E-state index contributed by atoms with van der Waals surface area (Å²) in [6.45, 7) is 5.18. The number of hydrogen-bond donors (Lipinski definition) is 3. The summed E-state index contributed by atoms with van der Waals surface area (Å²) in [6, 6.07) is 7.73. The highest BCUT2D eigenvalue weighted by atomic mass is 32.2. The van der Waals surface area contributed by atoms with Crippen molar-refractivity contribution in [1.82, 2.24) is 25.9 Å². The molecule has 12 heteroatoms. The van der Waals surface area contributed by atoms with Crippen LogP contribution in [0.4, 0.5) is 0 Å². The number of thiazole rings is 1. The Morgan fingerprint density at radius 1 is 1.00 bits per heavy atom. The molecule has 0 fully saturated rings. The monoisotopic (exact) mass is 538 g/mol. The van der Waals surface area contributed by atoms with E-state index in [-0.39, 0.29) is 29.1 Å². The lowest BCUT2D eigenvalue weighted by Crippen LogP contribution is -2.41. The number of benzene rings is 1. The summed E-state index contributed by atoms with van der Waals surface area (Å²) in [7, 11) is 0. The molecule has 0 spiro atoms. The average molecular weight is 539 g/mol. The molecule has 0 saturated carbocycles. The SMILES string of the molecule is Cc1oc2nc1C(=O)N[C@@H](C)c1nc(cs1)C(=O)N[C@H](Cc1ccccc1)C1=N[C@H](CS1)C(=O)N[C@@H]2C. The molecule has 0 unspecified atom stereocenters. The minimum atomic E-state index is -0.623. The lowest BCUT2D eigenvalue weighted by atomic mass is 10.1. The summed E-state index contributed by atoms with van der Waals surface area (Å²) in [5.41, 5.74) is 1.43. The van der Waals surface area contributed by atoms with Gasteiger partial charge < -0.3 is 20.4 Å². The normalized spacial score (nSPS) is 24.4. The van der Waals surface area contributed by atoms with Gasteiger partial charge in [0, 0.05) is 11.1 Å². The van der Waals surface area contributed by atoms with E-state index in [4.69, 9.17) is 4.42 Å². The van der Waals surface area contributed by atoms with Crippen LogP contribution in [0.3, 0.4) is 0 Å². The second kappa shape index (κ2) is 10.5. The van der Waals surface area contributed by atoms with Gasteiger partial charge in [-0.3, -0.25) is 19.4 Å². The molecule has 37 heavy (non-hydrogen) atoms. The highest BCUT2D eigenvalue weighted by molar-refractivity contribution is 8.14. The van der Waals surface area contributed by atoms with E-state index in [1.165, 1.54) is 23.1 Å². The van der Waals surface area contributed by atoms with Crippen LogP contribution in [0.2, 0.25) is 0 Å². The first kappa shape index (κ1) is 25.2. The number of amides is 3. The number of aromatic nitrogens is 2. The van der Waals surface area contributed by atoms with E-state index in [1.807, 2.05) is 30.3 Å². The molecule has 3 aromatic rings. The Bertz CT molecular complexity index is 1370. The van der Waals surface area contributed by atoms with E-state index >= 15 is 0 Å². The van der Waals surface area contributed by atoms with E-state index in [2.05, 4.69) is 30.9 Å². The molecule has 4 heterocycles. The zero-order chi connectivity index (χ0) is 26.1. The van der Waals surface area contributed by atoms with Crippen molar-refractivity contribution in [2.45, 2.75) is 51.4 Å². The minimum Gasteiger partial charge on any atom is -0.443 e. The van der Waals surface area contributed by atoms with Crippen LogP contribution < -0.4 is 16.0 Å². The summed E-state index contributed by atoms with van der Waals surface area (Å²) < 4.78 is 5.71. The van der Waals surface area contributed by atoms with Crippen molar-refractivity contribution in [2.75, 3.05) is 5.75 Å². The molecule has 10 nitrogen and oxygen atoms in total. The predicted octanol–water partition coefficient (Wildman–Crippen LogP) is 2.98. The van der Waals surface area contributed by atoms with Gasteiger partial charge in [-0.2, -0.15) is 0 Å². The highest BCUT2D eigenvalue weighted by Crippen LogP contribution is 2.25. The molecule has 6 bridgehead atoms. The van der Waals surface area contributed by atoms with Crippen LogP contribution in [-0.4, -0.2) is 50.6 Å². The van der Waals surface area contributed by atoms with Crippen molar-refractivity contribution in [2.24, 2.45) is 4.99 Å². The smallest absolute Gasteiger partial charge is 0.274 e. The number of aliphatic imine (C=N–C) groups is 1. The molecule has 2 aliphatic rings. The molecule has 5 rings (SSSR count). The standard InChI is InChI=1S/C25H26N6O4S2/c1-12-23-31-19(14(3)35-23)22(34)27-13(2)24-29-18(10-36-24)21(33)28-16(9-15-7-5-4-6-8-15)25-30-17(11-37-25)20(32)26-12/h4-8,10,12-13,16-17H,9,11H2,1-3H3,(H,26,32)(H,27,34)(H,28,33)/t12-,13+,16-,17-/m1/s1. The number of nitrogens with one attached hydrogen (secondary N) is 3. The van der Waals surface area contributed by atoms with E-state index in [9.17, 15) is 14.4 Å². The number of fused-ring (bicyclic) bond motifs is 5. The summed E-state index contributed by atoms with van der Waals surface area (Å²) in [4.78, 5) is 52.6. The van der Waals surface area contributed by atoms with Crippen molar-refractivity contribution in [3.05, 3.63) is 69.3 Å².